The Bertz CT molecular complexity index is 825. The molecule has 2 aromatic rings. The molecule has 1 heterocycles. The molecule has 1 N–H and O–H groups in total. The lowest BCUT2D eigenvalue weighted by atomic mass is 10.1. The highest BCUT2D eigenvalue weighted by Crippen LogP contribution is 2.31. The van der Waals surface area contributed by atoms with Crippen LogP contribution in [0, 0.1) is 5.82 Å². The third-order valence-electron chi connectivity index (χ3n) is 4.03. The number of nitrogens with one attached hydrogen (secondary N) is 1. The Morgan fingerprint density at radius 3 is 2.77 bits per heavy atom. The fourth-order valence-corrected chi connectivity index (χ4v) is 2.82. The molecule has 0 spiro atoms. The summed E-state index contributed by atoms with van der Waals surface area (Å²) in [6.07, 6.45) is 0.759. The normalized spacial score (nSPS) is 12.6. The van der Waals surface area contributed by atoms with Crippen molar-refractivity contribution >= 4 is 23.2 Å². The quantitative estimate of drug-likeness (QED) is 0.861. The zero-order valence-corrected chi connectivity index (χ0v) is 14.3. The van der Waals surface area contributed by atoms with Gasteiger partial charge in [0.25, 0.3) is 11.8 Å². The van der Waals surface area contributed by atoms with E-state index in [1.807, 2.05) is 6.07 Å². The van der Waals surface area contributed by atoms with Gasteiger partial charge in [-0.15, -0.1) is 0 Å². The molecule has 7 heteroatoms. The molecule has 6 nitrogen and oxygen atoms in total. The van der Waals surface area contributed by atoms with Crippen molar-refractivity contribution in [3.05, 3.63) is 53.8 Å². The van der Waals surface area contributed by atoms with Crippen LogP contribution in [0.4, 0.5) is 15.8 Å². The van der Waals surface area contributed by atoms with Crippen molar-refractivity contribution in [2.75, 3.05) is 37.1 Å². The predicted molar refractivity (Wildman–Crippen MR) is 94.9 cm³/mol. The number of anilines is 2. The van der Waals surface area contributed by atoms with E-state index in [0.29, 0.717) is 12.2 Å². The molecular weight excluding hydrogens is 339 g/mol. The average Bonchev–Trinajstić information content (AvgIpc) is 3.04. The van der Waals surface area contributed by atoms with Gasteiger partial charge in [-0.1, -0.05) is 18.2 Å². The first-order valence-electron chi connectivity index (χ1n) is 8.18. The van der Waals surface area contributed by atoms with E-state index in [-0.39, 0.29) is 24.9 Å². The molecule has 0 fully saturated rings. The van der Waals surface area contributed by atoms with E-state index in [0.717, 1.165) is 17.7 Å². The van der Waals surface area contributed by atoms with Gasteiger partial charge in [0.1, 0.15) is 6.61 Å². The number of hydrogen-bond acceptors (Lipinski definition) is 4. The molecule has 1 aliphatic heterocycles. The largest absolute Gasteiger partial charge is 0.481 e. The second-order valence-electron chi connectivity index (χ2n) is 5.84. The fourth-order valence-electron chi connectivity index (χ4n) is 2.82. The first-order valence-corrected chi connectivity index (χ1v) is 8.18. The van der Waals surface area contributed by atoms with Crippen molar-refractivity contribution in [1.29, 1.82) is 0 Å². The number of amides is 2. The minimum Gasteiger partial charge on any atom is -0.481 e. The Labute approximate surface area is 150 Å². The van der Waals surface area contributed by atoms with Gasteiger partial charge in [0.05, 0.1) is 0 Å². The van der Waals surface area contributed by atoms with Crippen LogP contribution in [0.1, 0.15) is 5.56 Å². The van der Waals surface area contributed by atoms with E-state index < -0.39 is 11.7 Å². The summed E-state index contributed by atoms with van der Waals surface area (Å²) in [6.45, 7) is 0.280. The first kappa shape index (κ1) is 17.9. The highest BCUT2D eigenvalue weighted by molar-refractivity contribution is 5.98. The van der Waals surface area contributed by atoms with Gasteiger partial charge in [0.2, 0.25) is 0 Å². The van der Waals surface area contributed by atoms with Crippen LogP contribution in [0.3, 0.4) is 0 Å². The van der Waals surface area contributed by atoms with Gasteiger partial charge in [-0.2, -0.15) is 0 Å². The molecule has 0 unspecified atom stereocenters. The molecule has 0 saturated carbocycles. The second kappa shape index (κ2) is 7.97. The van der Waals surface area contributed by atoms with Gasteiger partial charge >= 0.3 is 0 Å². The first-order chi connectivity index (χ1) is 12.6. The monoisotopic (exact) mass is 358 g/mol. The lowest BCUT2D eigenvalue weighted by Crippen LogP contribution is -2.32. The molecular formula is C19H19FN2O4. The summed E-state index contributed by atoms with van der Waals surface area (Å²) in [5.41, 5.74) is 2.35. The summed E-state index contributed by atoms with van der Waals surface area (Å²) in [4.78, 5) is 25.8. The molecule has 3 rings (SSSR count). The van der Waals surface area contributed by atoms with Gasteiger partial charge in [0.15, 0.2) is 18.2 Å². The van der Waals surface area contributed by atoms with E-state index in [2.05, 4.69) is 5.32 Å². The van der Waals surface area contributed by atoms with Gasteiger partial charge in [-0.05, 0) is 36.2 Å². The van der Waals surface area contributed by atoms with E-state index in [4.69, 9.17) is 9.47 Å². The lowest BCUT2D eigenvalue weighted by molar-refractivity contribution is -0.122. The van der Waals surface area contributed by atoms with Crippen molar-refractivity contribution in [2.24, 2.45) is 0 Å². The van der Waals surface area contributed by atoms with Crippen LogP contribution >= 0.6 is 0 Å². The standard InChI is InChI=1S/C19H19FN2O4/c1-25-12-19(24)22-9-8-13-6-7-14(10-16(13)22)21-18(23)11-26-17-5-3-2-4-15(17)20/h2-7,10H,8-9,11-12H2,1H3,(H,21,23). The number of carbonyl (C=O) groups excluding carboxylic acids is 2. The summed E-state index contributed by atoms with van der Waals surface area (Å²) < 4.78 is 23.6. The summed E-state index contributed by atoms with van der Waals surface area (Å²) in [5.74, 6) is -1.04. The molecule has 2 amide bonds. The molecule has 26 heavy (non-hydrogen) atoms. The molecule has 0 aliphatic carbocycles. The third kappa shape index (κ3) is 4.00. The third-order valence-corrected chi connectivity index (χ3v) is 4.03. The van der Waals surface area contributed by atoms with Gasteiger partial charge < -0.3 is 19.7 Å². The van der Waals surface area contributed by atoms with Crippen LogP contribution in [0.15, 0.2) is 42.5 Å². The smallest absolute Gasteiger partial charge is 0.262 e. The van der Waals surface area contributed by atoms with Crippen LogP contribution in [-0.4, -0.2) is 38.7 Å². The lowest BCUT2D eigenvalue weighted by Gasteiger charge is -2.17. The number of benzene rings is 2. The van der Waals surface area contributed by atoms with Gasteiger partial charge in [-0.25, -0.2) is 4.39 Å². The summed E-state index contributed by atoms with van der Waals surface area (Å²) >= 11 is 0. The second-order valence-corrected chi connectivity index (χ2v) is 5.84. The molecule has 0 saturated heterocycles. The molecule has 0 radical (unpaired) electrons. The molecule has 2 aromatic carbocycles. The van der Waals surface area contributed by atoms with Crippen LogP contribution < -0.4 is 15.0 Å². The zero-order valence-electron chi connectivity index (χ0n) is 14.3. The van der Waals surface area contributed by atoms with E-state index in [1.165, 1.54) is 19.2 Å². The molecule has 1 aliphatic rings. The van der Waals surface area contributed by atoms with Gasteiger partial charge in [0, 0.05) is 25.0 Å². The van der Waals surface area contributed by atoms with Crippen LogP contribution in [-0.2, 0) is 20.7 Å². The Kier molecular flexibility index (Phi) is 5.48. The van der Waals surface area contributed by atoms with Crippen molar-refractivity contribution in [3.8, 4) is 5.75 Å². The maximum atomic E-state index is 13.5. The number of halogens is 1. The van der Waals surface area contributed by atoms with Crippen LogP contribution in [0.25, 0.3) is 0 Å². The van der Waals surface area contributed by atoms with Crippen molar-refractivity contribution < 1.29 is 23.5 Å². The number of fused-ring (bicyclic) bond motifs is 1. The topological polar surface area (TPSA) is 67.9 Å². The Hall–Kier alpha value is -2.93. The zero-order chi connectivity index (χ0) is 18.5. The highest BCUT2D eigenvalue weighted by atomic mass is 19.1. The fraction of sp³-hybridized carbons (Fsp3) is 0.263. The van der Waals surface area contributed by atoms with Gasteiger partial charge in [-0.3, -0.25) is 9.59 Å². The minimum absolute atomic E-state index is 0.00645. The predicted octanol–water partition coefficient (Wildman–Crippen LogP) is 2.38. The number of methoxy groups -OCH3 is 1. The summed E-state index contributed by atoms with van der Waals surface area (Å²) in [7, 11) is 1.47. The van der Waals surface area contributed by atoms with Crippen molar-refractivity contribution in [2.45, 2.75) is 6.42 Å². The molecule has 0 atom stereocenters. The van der Waals surface area contributed by atoms with E-state index >= 15 is 0 Å². The number of rotatable bonds is 6. The summed E-state index contributed by atoms with van der Waals surface area (Å²) in [6, 6.07) is 11.3. The number of nitrogens with zero attached hydrogens (tertiary/aromatic N) is 1. The number of ether oxygens (including phenoxy) is 2. The highest BCUT2D eigenvalue weighted by Gasteiger charge is 2.24. The average molecular weight is 358 g/mol. The van der Waals surface area contributed by atoms with Crippen molar-refractivity contribution in [3.63, 3.8) is 0 Å². The SMILES string of the molecule is COCC(=O)N1CCc2ccc(NC(=O)COc3ccccc3F)cc21. The molecule has 136 valence electrons. The Morgan fingerprint density at radius 2 is 2.00 bits per heavy atom. The minimum atomic E-state index is -0.523. The van der Waals surface area contributed by atoms with E-state index in [1.54, 1.807) is 29.2 Å². The Morgan fingerprint density at radius 1 is 1.19 bits per heavy atom. The maximum absolute atomic E-state index is 13.5. The number of para-hydroxylation sites is 1. The van der Waals surface area contributed by atoms with E-state index in [9.17, 15) is 14.0 Å². The van der Waals surface area contributed by atoms with Crippen LogP contribution in [0.2, 0.25) is 0 Å². The molecule has 0 bridgehead atoms. The van der Waals surface area contributed by atoms with Crippen molar-refractivity contribution in [1.82, 2.24) is 0 Å². The number of hydrogen-bond donors (Lipinski definition) is 1. The number of carbonyl (C=O) groups is 2. The van der Waals surface area contributed by atoms with Crippen LogP contribution in [0.5, 0.6) is 5.75 Å². The maximum Gasteiger partial charge on any atom is 0.262 e. The Balaban J connectivity index is 1.64. The summed E-state index contributed by atoms with van der Waals surface area (Å²) in [5, 5.41) is 2.70. The molecule has 0 aromatic heterocycles.